The van der Waals surface area contributed by atoms with E-state index in [1.54, 1.807) is 6.92 Å². The van der Waals surface area contributed by atoms with Gasteiger partial charge in [-0.3, -0.25) is 14.9 Å². The van der Waals surface area contributed by atoms with Gasteiger partial charge in [0.15, 0.2) is 0 Å². The van der Waals surface area contributed by atoms with E-state index in [-0.39, 0.29) is 29.0 Å². The third kappa shape index (κ3) is 3.44. The van der Waals surface area contributed by atoms with E-state index in [0.29, 0.717) is 4.90 Å². The Kier molecular flexibility index (Phi) is 5.11. The molecule has 0 aliphatic heterocycles. The Morgan fingerprint density at radius 2 is 2.28 bits per heavy atom. The summed E-state index contributed by atoms with van der Waals surface area (Å²) in [5.41, 5.74) is 0.117. The predicted molar refractivity (Wildman–Crippen MR) is 68.9 cm³/mol. The first-order chi connectivity index (χ1) is 8.49. The molecule has 0 radical (unpaired) electrons. The second-order valence-electron chi connectivity index (χ2n) is 3.63. The monoisotopic (exact) mass is 270 g/mol. The highest BCUT2D eigenvalue weighted by Gasteiger charge is 2.19. The predicted octanol–water partition coefficient (Wildman–Crippen LogP) is 1.43. The third-order valence-electron chi connectivity index (χ3n) is 2.23. The van der Waals surface area contributed by atoms with Crippen molar-refractivity contribution >= 4 is 23.4 Å². The highest BCUT2D eigenvalue weighted by molar-refractivity contribution is 8.00. The van der Waals surface area contributed by atoms with Crippen molar-refractivity contribution in [3.8, 4) is 0 Å². The Morgan fingerprint density at radius 3 is 2.78 bits per heavy atom. The normalized spacial score (nSPS) is 11.9. The fraction of sp³-hybridized carbons (Fsp3) is 0.364. The van der Waals surface area contributed by atoms with E-state index in [1.165, 1.54) is 37.0 Å². The van der Waals surface area contributed by atoms with Crippen molar-refractivity contribution in [2.45, 2.75) is 17.1 Å². The first-order valence-corrected chi connectivity index (χ1v) is 6.15. The maximum Gasteiger partial charge on any atom is 0.283 e. The molecule has 1 aromatic rings. The van der Waals surface area contributed by atoms with Gasteiger partial charge in [0.1, 0.15) is 0 Å². The van der Waals surface area contributed by atoms with E-state index >= 15 is 0 Å². The number of benzene rings is 1. The lowest BCUT2D eigenvalue weighted by atomic mass is 10.2. The van der Waals surface area contributed by atoms with Crippen LogP contribution in [0.25, 0.3) is 0 Å². The second-order valence-corrected chi connectivity index (χ2v) is 5.11. The molecule has 0 fully saturated rings. The number of hydrogen-bond donors (Lipinski definition) is 2. The summed E-state index contributed by atoms with van der Waals surface area (Å²) in [4.78, 5) is 22.3. The van der Waals surface area contributed by atoms with Gasteiger partial charge in [-0.15, -0.1) is 11.8 Å². The van der Waals surface area contributed by atoms with Crippen LogP contribution in [0.15, 0.2) is 23.1 Å². The summed E-state index contributed by atoms with van der Waals surface area (Å²) in [7, 11) is 1.46. The molecule has 0 saturated heterocycles. The van der Waals surface area contributed by atoms with E-state index in [9.17, 15) is 14.9 Å². The zero-order chi connectivity index (χ0) is 13.7. The Hall–Kier alpha value is -1.60. The first-order valence-electron chi connectivity index (χ1n) is 5.27. The maximum absolute atomic E-state index is 11.4. The second kappa shape index (κ2) is 6.36. The number of nitro groups is 1. The molecule has 2 N–H and O–H groups in total. The summed E-state index contributed by atoms with van der Waals surface area (Å²) in [5.74, 6) is -0.371. The summed E-state index contributed by atoms with van der Waals surface area (Å²) >= 11 is 1.20. The number of aliphatic hydroxyl groups is 1. The van der Waals surface area contributed by atoms with Gasteiger partial charge in [-0.2, -0.15) is 0 Å². The van der Waals surface area contributed by atoms with Gasteiger partial charge in [0.05, 0.1) is 16.4 Å². The van der Waals surface area contributed by atoms with E-state index < -0.39 is 4.92 Å². The van der Waals surface area contributed by atoms with Gasteiger partial charge >= 0.3 is 0 Å². The quantitative estimate of drug-likeness (QED) is 0.479. The Labute approximate surface area is 109 Å². The maximum atomic E-state index is 11.4. The first kappa shape index (κ1) is 14.5. The zero-order valence-corrected chi connectivity index (χ0v) is 10.9. The smallest absolute Gasteiger partial charge is 0.283 e. The van der Waals surface area contributed by atoms with E-state index in [1.807, 2.05) is 0 Å². The molecule has 1 unspecified atom stereocenters. The zero-order valence-electron chi connectivity index (χ0n) is 10.0. The van der Waals surface area contributed by atoms with Crippen molar-refractivity contribution in [3.63, 3.8) is 0 Å². The van der Waals surface area contributed by atoms with Crippen LogP contribution in [-0.2, 0) is 0 Å². The molecular formula is C11H14N2O4S. The molecule has 18 heavy (non-hydrogen) atoms. The molecule has 1 atom stereocenters. The lowest BCUT2D eigenvalue weighted by Crippen LogP contribution is -2.17. The highest BCUT2D eigenvalue weighted by Crippen LogP contribution is 2.32. The van der Waals surface area contributed by atoms with Gasteiger partial charge in [-0.25, -0.2) is 0 Å². The van der Waals surface area contributed by atoms with Crippen LogP contribution in [0, 0.1) is 10.1 Å². The number of nitrogens with zero attached hydrogens (tertiary/aromatic N) is 1. The van der Waals surface area contributed by atoms with Crippen molar-refractivity contribution in [2.24, 2.45) is 0 Å². The van der Waals surface area contributed by atoms with E-state index in [4.69, 9.17) is 5.11 Å². The topological polar surface area (TPSA) is 92.5 Å². The number of thioether (sulfide) groups is 1. The molecule has 98 valence electrons. The molecular weight excluding hydrogens is 256 g/mol. The fourth-order valence-electron chi connectivity index (χ4n) is 1.30. The van der Waals surface area contributed by atoms with Crippen molar-refractivity contribution in [1.82, 2.24) is 5.32 Å². The number of nitrogens with one attached hydrogen (secondary N) is 1. The number of carbonyl (C=O) groups is 1. The van der Waals surface area contributed by atoms with Crippen LogP contribution in [0.3, 0.4) is 0 Å². The molecule has 0 bridgehead atoms. The standard InChI is InChI=1S/C11H14N2O4S/c1-7(6-14)18-10-4-3-8(11(15)12-2)5-9(10)13(16)17/h3-5,7,14H,6H2,1-2H3,(H,12,15). The summed E-state index contributed by atoms with van der Waals surface area (Å²) in [6, 6.07) is 4.29. The van der Waals surface area contributed by atoms with Crippen LogP contribution in [0.1, 0.15) is 17.3 Å². The molecule has 7 heteroatoms. The largest absolute Gasteiger partial charge is 0.395 e. The Balaban J connectivity index is 3.12. The van der Waals surface area contributed by atoms with Crippen LogP contribution >= 0.6 is 11.8 Å². The molecule has 0 saturated carbocycles. The average molecular weight is 270 g/mol. The molecule has 0 aromatic heterocycles. The van der Waals surface area contributed by atoms with Gasteiger partial charge in [0, 0.05) is 23.9 Å². The van der Waals surface area contributed by atoms with Crippen molar-refractivity contribution in [2.75, 3.05) is 13.7 Å². The number of aliphatic hydroxyl groups excluding tert-OH is 1. The van der Waals surface area contributed by atoms with E-state index in [2.05, 4.69) is 5.32 Å². The minimum Gasteiger partial charge on any atom is -0.395 e. The Bertz CT molecular complexity index is 464. The summed E-state index contributed by atoms with van der Waals surface area (Å²) in [6.45, 7) is 1.69. The number of nitro benzene ring substituents is 1. The third-order valence-corrected chi connectivity index (χ3v) is 3.38. The van der Waals surface area contributed by atoms with Crippen LogP contribution in [0.2, 0.25) is 0 Å². The minimum atomic E-state index is -0.529. The van der Waals surface area contributed by atoms with Gasteiger partial charge < -0.3 is 10.4 Å². The summed E-state index contributed by atoms with van der Waals surface area (Å²) in [6.07, 6.45) is 0. The highest BCUT2D eigenvalue weighted by atomic mass is 32.2. The van der Waals surface area contributed by atoms with Crippen LogP contribution in [-0.4, -0.2) is 34.8 Å². The number of hydrogen-bond acceptors (Lipinski definition) is 5. The molecule has 1 rings (SSSR count). The number of amides is 1. The van der Waals surface area contributed by atoms with Crippen LogP contribution in [0.4, 0.5) is 5.69 Å². The lowest BCUT2D eigenvalue weighted by molar-refractivity contribution is -0.387. The fourth-order valence-corrected chi connectivity index (χ4v) is 2.21. The average Bonchev–Trinajstić information content (AvgIpc) is 2.37. The number of rotatable bonds is 5. The van der Waals surface area contributed by atoms with E-state index in [0.717, 1.165) is 0 Å². The molecule has 0 aliphatic carbocycles. The molecule has 0 spiro atoms. The molecule has 6 nitrogen and oxygen atoms in total. The number of carbonyl (C=O) groups excluding carboxylic acids is 1. The van der Waals surface area contributed by atoms with Crippen molar-refractivity contribution < 1.29 is 14.8 Å². The minimum absolute atomic E-state index is 0.0704. The Morgan fingerprint density at radius 1 is 1.61 bits per heavy atom. The van der Waals surface area contributed by atoms with Crippen molar-refractivity contribution in [1.29, 1.82) is 0 Å². The van der Waals surface area contributed by atoms with Crippen LogP contribution in [0.5, 0.6) is 0 Å². The van der Waals surface area contributed by atoms with Gasteiger partial charge in [-0.1, -0.05) is 6.92 Å². The van der Waals surface area contributed by atoms with Gasteiger partial charge in [-0.05, 0) is 12.1 Å². The van der Waals surface area contributed by atoms with Crippen molar-refractivity contribution in [3.05, 3.63) is 33.9 Å². The molecule has 0 aliphatic rings. The molecule has 1 amide bonds. The summed E-state index contributed by atoms with van der Waals surface area (Å²) < 4.78 is 0. The van der Waals surface area contributed by atoms with Crippen LogP contribution < -0.4 is 5.32 Å². The lowest BCUT2D eigenvalue weighted by Gasteiger charge is -2.09. The molecule has 1 aromatic carbocycles. The SMILES string of the molecule is CNC(=O)c1ccc(SC(C)CO)c([N+](=O)[O-])c1. The van der Waals surface area contributed by atoms with Gasteiger partial charge in [0.25, 0.3) is 11.6 Å². The summed E-state index contributed by atoms with van der Waals surface area (Å²) in [5, 5.41) is 22.2. The van der Waals surface area contributed by atoms with Gasteiger partial charge in [0.2, 0.25) is 0 Å². The molecule has 0 heterocycles.